The van der Waals surface area contributed by atoms with Gasteiger partial charge in [-0.25, -0.2) is 19.6 Å². The summed E-state index contributed by atoms with van der Waals surface area (Å²) in [6.45, 7) is 2.51. The van der Waals surface area contributed by atoms with Crippen LogP contribution in [0.3, 0.4) is 0 Å². The Labute approximate surface area is 213 Å². The topological polar surface area (TPSA) is 109 Å². The maximum Gasteiger partial charge on any atom is 0.344 e. The van der Waals surface area contributed by atoms with Crippen molar-refractivity contribution in [2.75, 3.05) is 12.3 Å². The molecule has 0 spiro atoms. The first-order chi connectivity index (χ1) is 18.1. The lowest BCUT2D eigenvalue weighted by Crippen LogP contribution is -2.10. The number of hydrogen-bond acceptors (Lipinski definition) is 7. The van der Waals surface area contributed by atoms with Crippen molar-refractivity contribution in [3.8, 4) is 5.69 Å². The molecule has 5 rings (SSSR count). The predicted molar refractivity (Wildman–Crippen MR) is 142 cm³/mol. The summed E-state index contributed by atoms with van der Waals surface area (Å²) in [5, 5.41) is 0. The minimum absolute atomic E-state index is 0.0988. The van der Waals surface area contributed by atoms with E-state index in [4.69, 9.17) is 25.2 Å². The molecule has 2 heterocycles. The smallest absolute Gasteiger partial charge is 0.344 e. The van der Waals surface area contributed by atoms with Crippen molar-refractivity contribution in [2.45, 2.75) is 26.4 Å². The number of aromatic nitrogens is 3. The fraction of sp³-hybridized carbons (Fsp3) is 0.172. The average Bonchev–Trinajstić information content (AvgIpc) is 3.21. The van der Waals surface area contributed by atoms with Gasteiger partial charge in [0.25, 0.3) is 0 Å². The normalized spacial score (nSPS) is 11.1. The van der Waals surface area contributed by atoms with Gasteiger partial charge in [0.05, 0.1) is 23.2 Å². The van der Waals surface area contributed by atoms with Crippen LogP contribution in [0.15, 0.2) is 78.9 Å². The Bertz CT molecular complexity index is 1580. The number of nitrogens with zero attached hydrogens (tertiary/aromatic N) is 3. The number of carbonyl (C=O) groups excluding carboxylic acids is 2. The van der Waals surface area contributed by atoms with E-state index in [0.717, 1.165) is 18.4 Å². The van der Waals surface area contributed by atoms with Crippen LogP contribution in [0.5, 0.6) is 0 Å². The van der Waals surface area contributed by atoms with Crippen LogP contribution in [0.25, 0.3) is 27.9 Å². The van der Waals surface area contributed by atoms with E-state index < -0.39 is 5.97 Å². The van der Waals surface area contributed by atoms with Crippen LogP contribution in [0.1, 0.15) is 46.0 Å². The number of para-hydroxylation sites is 2. The van der Waals surface area contributed by atoms with Gasteiger partial charge < -0.3 is 15.2 Å². The highest BCUT2D eigenvalue weighted by molar-refractivity contribution is 6.09. The molecule has 0 aliphatic rings. The number of rotatable bonds is 8. The van der Waals surface area contributed by atoms with Crippen LogP contribution < -0.4 is 5.73 Å². The summed E-state index contributed by atoms with van der Waals surface area (Å²) < 4.78 is 12.6. The zero-order chi connectivity index (χ0) is 25.8. The van der Waals surface area contributed by atoms with Crippen LogP contribution in [-0.4, -0.2) is 33.1 Å². The fourth-order valence-corrected chi connectivity index (χ4v) is 4.06. The third kappa shape index (κ3) is 4.86. The van der Waals surface area contributed by atoms with Crippen molar-refractivity contribution in [2.24, 2.45) is 0 Å². The van der Waals surface area contributed by atoms with E-state index in [1.807, 2.05) is 61.5 Å². The summed E-state index contributed by atoms with van der Waals surface area (Å²) in [7, 11) is 0. The molecule has 186 valence electrons. The van der Waals surface area contributed by atoms with Crippen LogP contribution in [-0.2, 0) is 16.1 Å². The molecule has 2 N–H and O–H groups in total. The molecule has 5 aromatic rings. The van der Waals surface area contributed by atoms with Crippen molar-refractivity contribution in [1.82, 2.24) is 14.5 Å². The number of unbranched alkanes of at least 4 members (excludes halogenated alkanes) is 1. The maximum absolute atomic E-state index is 13.3. The molecular weight excluding hydrogens is 468 g/mol. The van der Waals surface area contributed by atoms with Gasteiger partial charge in [0, 0.05) is 5.69 Å². The molecule has 0 aliphatic heterocycles. The van der Waals surface area contributed by atoms with Gasteiger partial charge in [-0.3, -0.25) is 4.57 Å². The molecule has 0 radical (unpaired) electrons. The Kier molecular flexibility index (Phi) is 6.81. The summed E-state index contributed by atoms with van der Waals surface area (Å²) in [4.78, 5) is 35.1. The lowest BCUT2D eigenvalue weighted by molar-refractivity contribution is 0.0473. The van der Waals surface area contributed by atoms with Gasteiger partial charge in [0.2, 0.25) is 0 Å². The number of carbonyl (C=O) groups is 2. The SMILES string of the molecule is CCCCOC(=O)c1ccc(-n2c(N)c(C(=O)OCc3ccccc3)c3nc4ccccc4nc32)cc1. The van der Waals surface area contributed by atoms with E-state index in [-0.39, 0.29) is 24.0 Å². The van der Waals surface area contributed by atoms with E-state index in [1.165, 1.54) is 0 Å². The van der Waals surface area contributed by atoms with Crippen LogP contribution in [0, 0.1) is 0 Å². The lowest BCUT2D eigenvalue weighted by atomic mass is 10.2. The zero-order valence-electron chi connectivity index (χ0n) is 20.4. The van der Waals surface area contributed by atoms with Gasteiger partial charge in [-0.2, -0.15) is 0 Å². The standard InChI is InChI=1S/C29H26N4O4/c1-2-3-17-36-28(34)20-13-15-21(16-14-20)33-26(30)24(29(35)37-18-19-9-5-4-6-10-19)25-27(33)32-23-12-8-7-11-22(23)31-25/h4-16H,2-3,17-18,30H2,1H3. The third-order valence-corrected chi connectivity index (χ3v) is 6.01. The summed E-state index contributed by atoms with van der Waals surface area (Å²) in [5.74, 6) is -0.825. The first-order valence-corrected chi connectivity index (χ1v) is 12.1. The van der Waals surface area contributed by atoms with Gasteiger partial charge in [0.15, 0.2) is 5.65 Å². The van der Waals surface area contributed by atoms with Crippen LogP contribution in [0.4, 0.5) is 5.82 Å². The highest BCUT2D eigenvalue weighted by atomic mass is 16.5. The Balaban J connectivity index is 1.55. The van der Waals surface area contributed by atoms with Crippen molar-refractivity contribution in [3.05, 3.63) is 95.6 Å². The minimum atomic E-state index is -0.592. The second-order valence-electron chi connectivity index (χ2n) is 8.58. The van der Waals surface area contributed by atoms with E-state index in [2.05, 4.69) is 0 Å². The van der Waals surface area contributed by atoms with E-state index in [1.54, 1.807) is 28.8 Å². The van der Waals surface area contributed by atoms with E-state index in [0.29, 0.717) is 40.1 Å². The molecule has 0 saturated heterocycles. The predicted octanol–water partition coefficient (Wildman–Crippen LogP) is 5.47. The second kappa shape index (κ2) is 10.5. The first-order valence-electron chi connectivity index (χ1n) is 12.1. The number of nitrogen functional groups attached to an aromatic ring is 1. The number of fused-ring (bicyclic) bond motifs is 2. The Morgan fingerprint density at radius 3 is 2.22 bits per heavy atom. The molecule has 8 nitrogen and oxygen atoms in total. The van der Waals surface area contributed by atoms with Crippen LogP contribution in [0.2, 0.25) is 0 Å². The molecule has 0 unspecified atom stereocenters. The summed E-state index contributed by atoms with van der Waals surface area (Å²) in [5.41, 5.74) is 10.7. The van der Waals surface area contributed by atoms with Gasteiger partial charge in [-0.15, -0.1) is 0 Å². The van der Waals surface area contributed by atoms with Crippen molar-refractivity contribution in [1.29, 1.82) is 0 Å². The van der Waals surface area contributed by atoms with Gasteiger partial charge in [-0.05, 0) is 48.4 Å². The molecule has 37 heavy (non-hydrogen) atoms. The number of hydrogen-bond donors (Lipinski definition) is 1. The molecule has 0 fully saturated rings. The van der Waals surface area contributed by atoms with Gasteiger partial charge >= 0.3 is 11.9 Å². The zero-order valence-corrected chi connectivity index (χ0v) is 20.4. The van der Waals surface area contributed by atoms with Crippen LogP contribution >= 0.6 is 0 Å². The lowest BCUT2D eigenvalue weighted by Gasteiger charge is -2.09. The molecular formula is C29H26N4O4. The summed E-state index contributed by atoms with van der Waals surface area (Å²) in [6.07, 6.45) is 1.75. The number of nitrogens with two attached hydrogens (primary N) is 1. The van der Waals surface area contributed by atoms with Crippen molar-refractivity contribution in [3.63, 3.8) is 0 Å². The molecule has 0 saturated carbocycles. The molecule has 0 amide bonds. The molecule has 2 aromatic heterocycles. The van der Waals surface area contributed by atoms with Crippen molar-refractivity contribution >= 4 is 40.0 Å². The van der Waals surface area contributed by atoms with Gasteiger partial charge in [-0.1, -0.05) is 55.8 Å². The monoisotopic (exact) mass is 494 g/mol. The molecule has 0 bridgehead atoms. The average molecular weight is 495 g/mol. The minimum Gasteiger partial charge on any atom is -0.462 e. The fourth-order valence-electron chi connectivity index (χ4n) is 4.06. The highest BCUT2D eigenvalue weighted by Gasteiger charge is 2.26. The maximum atomic E-state index is 13.3. The van der Waals surface area contributed by atoms with Crippen molar-refractivity contribution < 1.29 is 19.1 Å². The first kappa shape index (κ1) is 24.0. The molecule has 0 atom stereocenters. The Morgan fingerprint density at radius 2 is 1.51 bits per heavy atom. The largest absolute Gasteiger partial charge is 0.462 e. The number of ether oxygens (including phenoxy) is 2. The summed E-state index contributed by atoms with van der Waals surface area (Å²) in [6, 6.07) is 23.6. The summed E-state index contributed by atoms with van der Waals surface area (Å²) >= 11 is 0. The Hall–Kier alpha value is -4.72. The molecule has 0 aliphatic carbocycles. The molecule has 3 aromatic carbocycles. The number of benzene rings is 3. The third-order valence-electron chi connectivity index (χ3n) is 6.01. The van der Waals surface area contributed by atoms with E-state index in [9.17, 15) is 9.59 Å². The number of esters is 2. The second-order valence-corrected chi connectivity index (χ2v) is 8.58. The Morgan fingerprint density at radius 1 is 0.838 bits per heavy atom. The number of anilines is 1. The highest BCUT2D eigenvalue weighted by Crippen LogP contribution is 2.32. The van der Waals surface area contributed by atoms with E-state index >= 15 is 0 Å². The molecule has 8 heteroatoms. The van der Waals surface area contributed by atoms with Gasteiger partial charge in [0.1, 0.15) is 23.5 Å². The quantitative estimate of drug-likeness (QED) is 0.225.